The quantitative estimate of drug-likeness (QED) is 0.752. The van der Waals surface area contributed by atoms with Crippen molar-refractivity contribution in [2.75, 3.05) is 6.61 Å². The summed E-state index contributed by atoms with van der Waals surface area (Å²) >= 11 is 7.44. The maximum Gasteiger partial charge on any atom is 0.306 e. The van der Waals surface area contributed by atoms with Crippen molar-refractivity contribution in [2.24, 2.45) is 0 Å². The molecule has 0 aliphatic rings. The minimum absolute atomic E-state index is 0.232. The molecule has 0 amide bonds. The van der Waals surface area contributed by atoms with Crippen LogP contribution in [-0.2, 0) is 22.4 Å². The summed E-state index contributed by atoms with van der Waals surface area (Å²) in [6.45, 7) is 2.16. The Morgan fingerprint density at radius 3 is 3.00 bits per heavy atom. The third-order valence-corrected chi connectivity index (χ3v) is 4.13. The molecule has 1 aromatic heterocycles. The van der Waals surface area contributed by atoms with Crippen LogP contribution in [0.5, 0.6) is 0 Å². The minimum atomic E-state index is -0.328. The number of nitrogens with zero attached hydrogens (tertiary/aromatic N) is 1. The highest BCUT2D eigenvalue weighted by molar-refractivity contribution is 7.09. The van der Waals surface area contributed by atoms with Crippen molar-refractivity contribution < 1.29 is 13.9 Å². The minimum Gasteiger partial charge on any atom is -0.466 e. The van der Waals surface area contributed by atoms with Gasteiger partial charge < -0.3 is 4.74 Å². The SMILES string of the molecule is CCOC(=O)CCc1csc(Cc2c(F)cccc2Cl)n1. The molecule has 0 N–H and O–H groups in total. The molecule has 21 heavy (non-hydrogen) atoms. The number of rotatable bonds is 6. The van der Waals surface area contributed by atoms with E-state index in [-0.39, 0.29) is 11.8 Å². The molecule has 0 radical (unpaired) electrons. The molecule has 0 atom stereocenters. The zero-order valence-corrected chi connectivity index (χ0v) is 13.1. The summed E-state index contributed by atoms with van der Waals surface area (Å²) in [5, 5.41) is 3.06. The van der Waals surface area contributed by atoms with Gasteiger partial charge in [0.15, 0.2) is 0 Å². The Morgan fingerprint density at radius 1 is 1.48 bits per heavy atom. The lowest BCUT2D eigenvalue weighted by Crippen LogP contribution is -2.05. The average molecular weight is 328 g/mol. The Kier molecular flexibility index (Phi) is 5.70. The van der Waals surface area contributed by atoms with Crippen molar-refractivity contribution in [2.45, 2.75) is 26.2 Å². The Bertz CT molecular complexity index is 610. The molecule has 2 rings (SSSR count). The first-order valence-electron chi connectivity index (χ1n) is 6.62. The number of aryl methyl sites for hydroxylation is 1. The molecule has 0 saturated carbocycles. The third kappa shape index (κ3) is 4.51. The molecule has 0 spiro atoms. The van der Waals surface area contributed by atoms with Gasteiger partial charge in [0.25, 0.3) is 0 Å². The lowest BCUT2D eigenvalue weighted by atomic mass is 10.1. The maximum atomic E-state index is 13.7. The second kappa shape index (κ2) is 7.52. The number of halogens is 2. The smallest absolute Gasteiger partial charge is 0.306 e. The maximum absolute atomic E-state index is 13.7. The fraction of sp³-hybridized carbons (Fsp3) is 0.333. The van der Waals surface area contributed by atoms with Crippen LogP contribution in [0.4, 0.5) is 4.39 Å². The van der Waals surface area contributed by atoms with Crippen molar-refractivity contribution in [1.82, 2.24) is 4.98 Å². The van der Waals surface area contributed by atoms with E-state index < -0.39 is 0 Å². The number of carbonyl (C=O) groups excluding carboxylic acids is 1. The van der Waals surface area contributed by atoms with Gasteiger partial charge in [0.2, 0.25) is 0 Å². The predicted molar refractivity (Wildman–Crippen MR) is 81.3 cm³/mol. The van der Waals surface area contributed by atoms with Crippen molar-refractivity contribution >= 4 is 28.9 Å². The van der Waals surface area contributed by atoms with Crippen LogP contribution in [0.1, 0.15) is 29.6 Å². The van der Waals surface area contributed by atoms with Gasteiger partial charge in [-0.3, -0.25) is 4.79 Å². The Labute approximate surface area is 131 Å². The van der Waals surface area contributed by atoms with Gasteiger partial charge in [0, 0.05) is 28.8 Å². The van der Waals surface area contributed by atoms with E-state index in [1.807, 2.05) is 5.38 Å². The highest BCUT2D eigenvalue weighted by Gasteiger charge is 2.11. The Hall–Kier alpha value is -1.46. The van der Waals surface area contributed by atoms with Crippen LogP contribution in [0.3, 0.4) is 0 Å². The van der Waals surface area contributed by atoms with Crippen molar-refractivity contribution in [3.63, 3.8) is 0 Å². The van der Waals surface area contributed by atoms with E-state index in [4.69, 9.17) is 16.3 Å². The fourth-order valence-corrected chi connectivity index (χ4v) is 2.93. The highest BCUT2D eigenvalue weighted by Crippen LogP contribution is 2.24. The molecule has 2 aromatic rings. The Balaban J connectivity index is 1.99. The van der Waals surface area contributed by atoms with Crippen LogP contribution in [0, 0.1) is 5.82 Å². The number of esters is 1. The first kappa shape index (κ1) is 15.9. The molecular weight excluding hydrogens is 313 g/mol. The highest BCUT2D eigenvalue weighted by atomic mass is 35.5. The van der Waals surface area contributed by atoms with Gasteiger partial charge in [-0.15, -0.1) is 11.3 Å². The van der Waals surface area contributed by atoms with E-state index in [2.05, 4.69) is 4.98 Å². The van der Waals surface area contributed by atoms with Gasteiger partial charge in [-0.1, -0.05) is 17.7 Å². The predicted octanol–water partition coefficient (Wildman–Crippen LogP) is 4.02. The monoisotopic (exact) mass is 327 g/mol. The summed E-state index contributed by atoms with van der Waals surface area (Å²) in [5.41, 5.74) is 1.26. The van der Waals surface area contributed by atoms with E-state index in [9.17, 15) is 9.18 Å². The van der Waals surface area contributed by atoms with Crippen molar-refractivity contribution in [3.05, 3.63) is 50.7 Å². The van der Waals surface area contributed by atoms with E-state index in [0.29, 0.717) is 36.5 Å². The van der Waals surface area contributed by atoms with E-state index >= 15 is 0 Å². The molecule has 0 saturated heterocycles. The topological polar surface area (TPSA) is 39.2 Å². The molecule has 112 valence electrons. The summed E-state index contributed by atoms with van der Waals surface area (Å²) in [5.74, 6) is -0.560. The van der Waals surface area contributed by atoms with E-state index in [1.54, 1.807) is 19.1 Å². The van der Waals surface area contributed by atoms with Crippen LogP contribution in [-0.4, -0.2) is 17.6 Å². The third-order valence-electron chi connectivity index (χ3n) is 2.88. The molecule has 0 unspecified atom stereocenters. The molecule has 0 aliphatic carbocycles. The number of aromatic nitrogens is 1. The second-order valence-electron chi connectivity index (χ2n) is 4.41. The first-order valence-corrected chi connectivity index (χ1v) is 7.87. The molecule has 6 heteroatoms. The summed E-state index contributed by atoms with van der Waals surface area (Å²) in [4.78, 5) is 15.7. The van der Waals surface area contributed by atoms with Gasteiger partial charge in [-0.2, -0.15) is 0 Å². The van der Waals surface area contributed by atoms with Gasteiger partial charge >= 0.3 is 5.97 Å². The molecular formula is C15H15ClFNO2S. The van der Waals surface area contributed by atoms with E-state index in [0.717, 1.165) is 10.7 Å². The van der Waals surface area contributed by atoms with Gasteiger partial charge in [-0.25, -0.2) is 9.37 Å². The van der Waals surface area contributed by atoms with Gasteiger partial charge in [-0.05, 0) is 19.1 Å². The largest absolute Gasteiger partial charge is 0.466 e. The standard InChI is InChI=1S/C15H15ClFNO2S/c1-2-20-15(19)7-6-10-9-21-14(18-10)8-11-12(16)4-3-5-13(11)17/h3-5,9H,2,6-8H2,1H3. The number of thiazole rings is 1. The molecule has 0 aliphatic heterocycles. The first-order chi connectivity index (χ1) is 10.1. The van der Waals surface area contributed by atoms with Crippen molar-refractivity contribution in [1.29, 1.82) is 0 Å². The van der Waals surface area contributed by atoms with E-state index in [1.165, 1.54) is 17.4 Å². The summed E-state index contributed by atoms with van der Waals surface area (Å²) in [7, 11) is 0. The molecule has 1 heterocycles. The normalized spacial score (nSPS) is 10.6. The van der Waals surface area contributed by atoms with Gasteiger partial charge in [0.1, 0.15) is 5.82 Å². The lowest BCUT2D eigenvalue weighted by Gasteiger charge is -2.03. The molecule has 0 fully saturated rings. The summed E-state index contributed by atoms with van der Waals surface area (Å²) in [6.07, 6.45) is 1.19. The zero-order chi connectivity index (χ0) is 15.2. The Morgan fingerprint density at radius 2 is 2.29 bits per heavy atom. The fourth-order valence-electron chi connectivity index (χ4n) is 1.86. The number of ether oxygens (including phenoxy) is 1. The molecule has 3 nitrogen and oxygen atoms in total. The van der Waals surface area contributed by atoms with Crippen LogP contribution in [0.15, 0.2) is 23.6 Å². The van der Waals surface area contributed by atoms with Crippen LogP contribution < -0.4 is 0 Å². The van der Waals surface area contributed by atoms with Crippen LogP contribution in [0.25, 0.3) is 0 Å². The number of benzene rings is 1. The average Bonchev–Trinajstić information content (AvgIpc) is 2.89. The summed E-state index contributed by atoms with van der Waals surface area (Å²) < 4.78 is 18.6. The molecule has 1 aromatic carbocycles. The lowest BCUT2D eigenvalue weighted by molar-refractivity contribution is -0.143. The van der Waals surface area contributed by atoms with Crippen LogP contribution in [0.2, 0.25) is 5.02 Å². The molecule has 0 bridgehead atoms. The summed E-state index contributed by atoms with van der Waals surface area (Å²) in [6, 6.07) is 4.62. The van der Waals surface area contributed by atoms with Crippen molar-refractivity contribution in [3.8, 4) is 0 Å². The second-order valence-corrected chi connectivity index (χ2v) is 5.76. The van der Waals surface area contributed by atoms with Crippen LogP contribution >= 0.6 is 22.9 Å². The zero-order valence-electron chi connectivity index (χ0n) is 11.6. The number of carbonyl (C=O) groups is 1. The van der Waals surface area contributed by atoms with Gasteiger partial charge in [0.05, 0.1) is 23.7 Å². The number of hydrogen-bond acceptors (Lipinski definition) is 4. The number of hydrogen-bond donors (Lipinski definition) is 0.